The average molecular weight is 286 g/mol. The van der Waals surface area contributed by atoms with Gasteiger partial charge in [-0.3, -0.25) is 4.79 Å². The van der Waals surface area contributed by atoms with Crippen molar-refractivity contribution in [3.05, 3.63) is 42.1 Å². The first-order valence-corrected chi connectivity index (χ1v) is 6.54. The van der Waals surface area contributed by atoms with Crippen LogP contribution in [0.15, 0.2) is 51.2 Å². The monoisotopic (exact) mass is 286 g/mol. The fourth-order valence-electron chi connectivity index (χ4n) is 1.70. The molecule has 0 saturated heterocycles. The van der Waals surface area contributed by atoms with E-state index >= 15 is 0 Å². The largest absolute Gasteiger partial charge is 0.431 e. The van der Waals surface area contributed by atoms with Gasteiger partial charge in [0.15, 0.2) is 5.58 Å². The Balaban J connectivity index is 2.00. The topological polar surface area (TPSA) is 108 Å². The minimum Gasteiger partial charge on any atom is -0.431 e. The summed E-state index contributed by atoms with van der Waals surface area (Å²) in [5.41, 5.74) is 13.0. The number of hydrogen-bond acceptors (Lipinski definition) is 6. The summed E-state index contributed by atoms with van der Waals surface area (Å²) >= 11 is 1.13. The number of carbonyl (C=O) groups excluding carboxylic acids is 1. The number of amides is 1. The third-order valence-electron chi connectivity index (χ3n) is 2.60. The number of pyridine rings is 1. The maximum Gasteiger partial charge on any atom is 0.263 e. The van der Waals surface area contributed by atoms with Gasteiger partial charge in [-0.05, 0) is 30.0 Å². The van der Waals surface area contributed by atoms with Crippen molar-refractivity contribution < 1.29 is 9.21 Å². The lowest BCUT2D eigenvalue weighted by Gasteiger charge is -2.03. The van der Waals surface area contributed by atoms with E-state index in [2.05, 4.69) is 9.97 Å². The Hall–Kier alpha value is -2.54. The lowest BCUT2D eigenvalue weighted by atomic mass is 10.2. The molecule has 7 heteroatoms. The molecule has 0 fully saturated rings. The molecule has 0 radical (unpaired) electrons. The first-order chi connectivity index (χ1) is 9.63. The molecule has 3 rings (SSSR count). The predicted octanol–water partition coefficient (Wildman–Crippen LogP) is 2.06. The Bertz CT molecular complexity index is 767. The molecule has 0 bridgehead atoms. The van der Waals surface area contributed by atoms with Crippen LogP contribution in [0.4, 0.5) is 5.69 Å². The van der Waals surface area contributed by atoms with Gasteiger partial charge in [-0.1, -0.05) is 12.1 Å². The van der Waals surface area contributed by atoms with Gasteiger partial charge in [-0.25, -0.2) is 9.97 Å². The van der Waals surface area contributed by atoms with Crippen LogP contribution in [0.3, 0.4) is 0 Å². The molecule has 0 aliphatic rings. The second-order valence-electron chi connectivity index (χ2n) is 4.04. The number of nitrogen functional groups attached to an aromatic ring is 1. The number of aromatic nitrogens is 2. The van der Waals surface area contributed by atoms with E-state index in [9.17, 15) is 4.79 Å². The van der Waals surface area contributed by atoms with Gasteiger partial charge in [0, 0.05) is 0 Å². The number of benzene rings is 1. The molecule has 0 saturated carbocycles. The Labute approximate surface area is 118 Å². The van der Waals surface area contributed by atoms with Crippen LogP contribution in [0, 0.1) is 0 Å². The van der Waals surface area contributed by atoms with Crippen molar-refractivity contribution in [1.82, 2.24) is 9.97 Å². The van der Waals surface area contributed by atoms with E-state index < -0.39 is 5.91 Å². The Morgan fingerprint density at radius 2 is 2.10 bits per heavy atom. The summed E-state index contributed by atoms with van der Waals surface area (Å²) in [6.45, 7) is 0. The molecule has 100 valence electrons. The van der Waals surface area contributed by atoms with Gasteiger partial charge >= 0.3 is 0 Å². The smallest absolute Gasteiger partial charge is 0.263 e. The highest BCUT2D eigenvalue weighted by atomic mass is 32.2. The Morgan fingerprint density at radius 1 is 1.30 bits per heavy atom. The number of oxazole rings is 1. The zero-order valence-electron chi connectivity index (χ0n) is 10.2. The molecule has 0 spiro atoms. The minimum atomic E-state index is -0.594. The fourth-order valence-corrected chi connectivity index (χ4v) is 2.52. The van der Waals surface area contributed by atoms with Crippen molar-refractivity contribution >= 4 is 34.5 Å². The van der Waals surface area contributed by atoms with Gasteiger partial charge in [-0.2, -0.15) is 0 Å². The molecule has 0 atom stereocenters. The van der Waals surface area contributed by atoms with Gasteiger partial charge in [0.25, 0.3) is 11.1 Å². The molecular weight excluding hydrogens is 276 g/mol. The highest BCUT2D eigenvalue weighted by Crippen LogP contribution is 2.31. The molecule has 1 amide bonds. The normalized spacial score (nSPS) is 10.8. The average Bonchev–Trinajstić information content (AvgIpc) is 2.82. The number of para-hydroxylation sites is 2. The molecule has 2 aromatic heterocycles. The summed E-state index contributed by atoms with van der Waals surface area (Å²) in [5, 5.41) is 0.809. The number of hydrogen-bond donors (Lipinski definition) is 2. The maximum absolute atomic E-state index is 11.4. The SMILES string of the molecule is NC(=O)c1cc(N)cnc1Sc1nc2ccccc2o1. The highest BCUT2D eigenvalue weighted by Gasteiger charge is 2.15. The molecule has 1 aromatic carbocycles. The Kier molecular flexibility index (Phi) is 3.03. The van der Waals surface area contributed by atoms with Crippen LogP contribution in [-0.2, 0) is 0 Å². The summed E-state index contributed by atoms with van der Waals surface area (Å²) < 4.78 is 5.57. The summed E-state index contributed by atoms with van der Waals surface area (Å²) in [6, 6.07) is 8.88. The third kappa shape index (κ3) is 2.30. The number of carbonyl (C=O) groups is 1. The quantitative estimate of drug-likeness (QED) is 0.763. The molecule has 3 aromatic rings. The van der Waals surface area contributed by atoms with Gasteiger partial charge in [0.1, 0.15) is 10.5 Å². The van der Waals surface area contributed by atoms with E-state index in [0.29, 0.717) is 21.5 Å². The molecule has 4 N–H and O–H groups in total. The van der Waals surface area contributed by atoms with E-state index in [1.54, 1.807) is 0 Å². The lowest BCUT2D eigenvalue weighted by molar-refractivity contribution is 0.0997. The van der Waals surface area contributed by atoms with Crippen molar-refractivity contribution in [3.63, 3.8) is 0 Å². The summed E-state index contributed by atoms with van der Waals surface area (Å²) in [6.07, 6.45) is 1.46. The van der Waals surface area contributed by atoms with Crippen molar-refractivity contribution in [1.29, 1.82) is 0 Å². The number of primary amides is 1. The second-order valence-corrected chi connectivity index (χ2v) is 4.98. The number of rotatable bonds is 3. The van der Waals surface area contributed by atoms with Crippen LogP contribution in [0.2, 0.25) is 0 Å². The standard InChI is InChI=1S/C13H10N4O2S/c14-7-5-8(11(15)18)12(16-6-7)20-13-17-9-3-1-2-4-10(9)19-13/h1-6H,14H2,(H2,15,18). The number of anilines is 1. The first kappa shape index (κ1) is 12.5. The van der Waals surface area contributed by atoms with E-state index in [0.717, 1.165) is 17.3 Å². The fraction of sp³-hybridized carbons (Fsp3) is 0. The highest BCUT2D eigenvalue weighted by molar-refractivity contribution is 7.99. The zero-order chi connectivity index (χ0) is 14.1. The van der Waals surface area contributed by atoms with Crippen molar-refractivity contribution in [3.8, 4) is 0 Å². The third-order valence-corrected chi connectivity index (χ3v) is 3.46. The van der Waals surface area contributed by atoms with Gasteiger partial charge in [0.05, 0.1) is 17.4 Å². The van der Waals surface area contributed by atoms with E-state index in [1.165, 1.54) is 12.3 Å². The lowest BCUT2D eigenvalue weighted by Crippen LogP contribution is -2.13. The first-order valence-electron chi connectivity index (χ1n) is 5.72. The summed E-state index contributed by atoms with van der Waals surface area (Å²) in [5.74, 6) is -0.594. The molecule has 20 heavy (non-hydrogen) atoms. The van der Waals surface area contributed by atoms with Gasteiger partial charge < -0.3 is 15.9 Å². The van der Waals surface area contributed by atoms with Crippen LogP contribution in [-0.4, -0.2) is 15.9 Å². The summed E-state index contributed by atoms with van der Waals surface area (Å²) in [4.78, 5) is 19.8. The molecule has 0 aliphatic carbocycles. The van der Waals surface area contributed by atoms with Crippen molar-refractivity contribution in [2.45, 2.75) is 10.2 Å². The van der Waals surface area contributed by atoms with Crippen LogP contribution in [0.5, 0.6) is 0 Å². The van der Waals surface area contributed by atoms with E-state index in [4.69, 9.17) is 15.9 Å². The van der Waals surface area contributed by atoms with Gasteiger partial charge in [0.2, 0.25) is 0 Å². The second kappa shape index (κ2) is 4.86. The molecule has 0 unspecified atom stereocenters. The molecule has 6 nitrogen and oxygen atoms in total. The van der Waals surface area contributed by atoms with Crippen LogP contribution in [0.25, 0.3) is 11.1 Å². The number of nitrogens with zero attached hydrogens (tertiary/aromatic N) is 2. The van der Waals surface area contributed by atoms with Crippen molar-refractivity contribution in [2.75, 3.05) is 5.73 Å². The van der Waals surface area contributed by atoms with Crippen LogP contribution in [0.1, 0.15) is 10.4 Å². The van der Waals surface area contributed by atoms with E-state index in [1.807, 2.05) is 24.3 Å². The van der Waals surface area contributed by atoms with Crippen LogP contribution >= 0.6 is 11.8 Å². The molecular formula is C13H10N4O2S. The number of nitrogens with two attached hydrogens (primary N) is 2. The number of fused-ring (bicyclic) bond motifs is 1. The van der Waals surface area contributed by atoms with Crippen LogP contribution < -0.4 is 11.5 Å². The zero-order valence-corrected chi connectivity index (χ0v) is 11.1. The minimum absolute atomic E-state index is 0.247. The Morgan fingerprint density at radius 3 is 2.85 bits per heavy atom. The van der Waals surface area contributed by atoms with Gasteiger partial charge in [-0.15, -0.1) is 0 Å². The predicted molar refractivity (Wildman–Crippen MR) is 75.3 cm³/mol. The molecule has 2 heterocycles. The summed E-state index contributed by atoms with van der Waals surface area (Å²) in [7, 11) is 0. The van der Waals surface area contributed by atoms with E-state index in [-0.39, 0.29) is 5.56 Å². The maximum atomic E-state index is 11.4. The van der Waals surface area contributed by atoms with Crippen molar-refractivity contribution in [2.24, 2.45) is 5.73 Å². The molecule has 0 aliphatic heterocycles.